The zero-order valence-corrected chi connectivity index (χ0v) is 9.31. The van der Waals surface area contributed by atoms with E-state index in [0.29, 0.717) is 12.8 Å². The van der Waals surface area contributed by atoms with E-state index in [9.17, 15) is 8.42 Å². The highest BCUT2D eigenvalue weighted by atomic mass is 32.2. The summed E-state index contributed by atoms with van der Waals surface area (Å²) in [4.78, 5) is 0. The molecule has 3 nitrogen and oxygen atoms in total. The Morgan fingerprint density at radius 3 is 2.36 bits per heavy atom. The quantitative estimate of drug-likeness (QED) is 0.519. The van der Waals surface area contributed by atoms with Crippen molar-refractivity contribution in [3.05, 3.63) is 0 Å². The maximum Gasteiger partial charge on any atom is 0.267 e. The molecule has 1 atom stereocenters. The topological polar surface area (TPSA) is 54.4 Å². The van der Waals surface area contributed by atoms with Crippen molar-refractivity contribution >= 4 is 19.6 Å². The van der Waals surface area contributed by atoms with Crippen LogP contribution in [0, 0.1) is 0 Å². The van der Waals surface area contributed by atoms with Gasteiger partial charge < -0.3 is 0 Å². The summed E-state index contributed by atoms with van der Waals surface area (Å²) >= 11 is 0. The van der Waals surface area contributed by atoms with Gasteiger partial charge in [-0.25, -0.2) is 0 Å². The molecule has 0 heterocycles. The summed E-state index contributed by atoms with van der Waals surface area (Å²) < 4.78 is 30.0. The molecule has 1 N–H and O–H groups in total. The van der Waals surface area contributed by atoms with Crippen LogP contribution in [0.15, 0.2) is 0 Å². The Hall–Kier alpha value is 0.127. The van der Waals surface area contributed by atoms with Gasteiger partial charge >= 0.3 is 0 Å². The second kappa shape index (κ2) is 4.90. The van der Waals surface area contributed by atoms with Gasteiger partial charge in [-0.05, 0) is 12.8 Å². The van der Waals surface area contributed by atoms with Gasteiger partial charge in [0.15, 0.2) is 0 Å². The van der Waals surface area contributed by atoms with Crippen molar-refractivity contribution < 1.29 is 13.0 Å². The Balaban J connectivity index is 3.97. The van der Waals surface area contributed by atoms with E-state index in [1.165, 1.54) is 0 Å². The normalized spacial score (nSPS) is 15.9. The van der Waals surface area contributed by atoms with Gasteiger partial charge in [0.25, 0.3) is 10.1 Å². The van der Waals surface area contributed by atoms with Gasteiger partial charge in [-0.3, -0.25) is 4.55 Å². The predicted octanol–water partition coefficient (Wildman–Crippen LogP) is 0.678. The minimum absolute atomic E-state index is 0.0717. The van der Waals surface area contributed by atoms with Crippen molar-refractivity contribution in [3.63, 3.8) is 0 Å². The molecule has 0 rings (SSSR count). The first-order chi connectivity index (χ1) is 5.02. The molecule has 0 spiro atoms. The zero-order chi connectivity index (χ0) is 8.91. The van der Waals surface area contributed by atoms with Crippen LogP contribution in [0.25, 0.3) is 0 Å². The number of rotatable bonds is 5. The first-order valence-corrected chi connectivity index (χ1v) is 7.90. The van der Waals surface area contributed by atoms with Crippen LogP contribution in [-0.2, 0) is 10.1 Å². The SMILES string of the molecule is CCC(CC[SiH2]C)S(=O)(=O)O. The average molecular weight is 196 g/mol. The minimum Gasteiger partial charge on any atom is -0.285 e. The first kappa shape index (κ1) is 11.1. The van der Waals surface area contributed by atoms with Crippen molar-refractivity contribution in [2.24, 2.45) is 0 Å². The fourth-order valence-corrected chi connectivity index (χ4v) is 3.08. The highest BCUT2D eigenvalue weighted by Gasteiger charge is 2.19. The average Bonchev–Trinajstić information content (AvgIpc) is 1.87. The first-order valence-electron chi connectivity index (χ1n) is 3.98. The fraction of sp³-hybridized carbons (Fsp3) is 1.00. The standard InChI is InChI=1S/C6H16O3SSi/c1-3-6(4-5-11-2)10(7,8)9/h6H,3-5,11H2,1-2H3,(H,7,8,9). The summed E-state index contributed by atoms with van der Waals surface area (Å²) in [5.41, 5.74) is 0. The van der Waals surface area contributed by atoms with E-state index in [-0.39, 0.29) is 9.52 Å². The third kappa shape index (κ3) is 4.55. The third-order valence-corrected chi connectivity index (χ3v) is 4.28. The van der Waals surface area contributed by atoms with Crippen LogP contribution in [0.5, 0.6) is 0 Å². The van der Waals surface area contributed by atoms with Gasteiger partial charge in [-0.2, -0.15) is 8.42 Å². The maximum absolute atomic E-state index is 10.6. The molecule has 0 aliphatic carbocycles. The molecule has 0 aromatic carbocycles. The van der Waals surface area contributed by atoms with Crippen LogP contribution in [0.3, 0.4) is 0 Å². The summed E-state index contributed by atoms with van der Waals surface area (Å²) in [6.07, 6.45) is 1.16. The molecule has 0 aromatic heterocycles. The number of hydrogen-bond donors (Lipinski definition) is 1. The molecule has 0 radical (unpaired) electrons. The van der Waals surface area contributed by atoms with Crippen molar-refractivity contribution in [1.82, 2.24) is 0 Å². The summed E-state index contributed by atoms with van der Waals surface area (Å²) in [6.45, 7) is 3.92. The highest BCUT2D eigenvalue weighted by molar-refractivity contribution is 7.86. The van der Waals surface area contributed by atoms with Crippen LogP contribution in [0.4, 0.5) is 0 Å². The molecule has 1 unspecified atom stereocenters. The Labute approximate surface area is 70.8 Å². The Bertz CT molecular complexity index is 188. The molecule has 0 saturated heterocycles. The Morgan fingerprint density at radius 1 is 1.55 bits per heavy atom. The van der Waals surface area contributed by atoms with Crippen LogP contribution >= 0.6 is 0 Å². The summed E-state index contributed by atoms with van der Waals surface area (Å²) in [5, 5.41) is -0.519. The molecule has 68 valence electrons. The van der Waals surface area contributed by atoms with Crippen molar-refractivity contribution in [1.29, 1.82) is 0 Å². The van der Waals surface area contributed by atoms with E-state index in [0.717, 1.165) is 6.04 Å². The van der Waals surface area contributed by atoms with E-state index in [1.54, 1.807) is 6.92 Å². The lowest BCUT2D eigenvalue weighted by Gasteiger charge is -2.09. The molecule has 0 amide bonds. The third-order valence-electron chi connectivity index (χ3n) is 1.76. The van der Waals surface area contributed by atoms with Crippen molar-refractivity contribution in [2.75, 3.05) is 0 Å². The van der Waals surface area contributed by atoms with Gasteiger partial charge in [0.05, 0.1) is 5.25 Å². The highest BCUT2D eigenvalue weighted by Crippen LogP contribution is 2.10. The van der Waals surface area contributed by atoms with Gasteiger partial charge in [0.2, 0.25) is 0 Å². The molecular weight excluding hydrogens is 180 g/mol. The predicted molar refractivity (Wildman–Crippen MR) is 49.5 cm³/mol. The van der Waals surface area contributed by atoms with Crippen molar-refractivity contribution in [2.45, 2.75) is 37.6 Å². The van der Waals surface area contributed by atoms with E-state index in [2.05, 4.69) is 6.55 Å². The van der Waals surface area contributed by atoms with E-state index < -0.39 is 15.4 Å². The lowest BCUT2D eigenvalue weighted by molar-refractivity contribution is 0.461. The minimum atomic E-state index is -3.76. The summed E-state index contributed by atoms with van der Waals surface area (Å²) in [5.74, 6) is 0. The second-order valence-electron chi connectivity index (χ2n) is 2.69. The van der Waals surface area contributed by atoms with Crippen LogP contribution in [0.2, 0.25) is 12.6 Å². The van der Waals surface area contributed by atoms with Gasteiger partial charge in [-0.1, -0.05) is 19.5 Å². The lowest BCUT2D eigenvalue weighted by Crippen LogP contribution is -2.19. The maximum atomic E-state index is 10.6. The molecule has 11 heavy (non-hydrogen) atoms. The molecule has 0 aliphatic heterocycles. The Kier molecular flexibility index (Phi) is 4.95. The van der Waals surface area contributed by atoms with Crippen LogP contribution in [0.1, 0.15) is 19.8 Å². The molecular formula is C6H16O3SSi. The zero-order valence-electron chi connectivity index (χ0n) is 7.08. The number of hydrogen-bond acceptors (Lipinski definition) is 2. The van der Waals surface area contributed by atoms with E-state index >= 15 is 0 Å². The van der Waals surface area contributed by atoms with Gasteiger partial charge in [0, 0.05) is 9.52 Å². The van der Waals surface area contributed by atoms with E-state index in [4.69, 9.17) is 4.55 Å². The fourth-order valence-electron chi connectivity index (χ4n) is 0.995. The lowest BCUT2D eigenvalue weighted by atomic mass is 10.3. The van der Waals surface area contributed by atoms with Crippen LogP contribution < -0.4 is 0 Å². The van der Waals surface area contributed by atoms with Crippen molar-refractivity contribution in [3.8, 4) is 0 Å². The molecule has 5 heteroatoms. The molecule has 0 aliphatic rings. The summed E-state index contributed by atoms with van der Waals surface area (Å²) in [6, 6.07) is 0.998. The Morgan fingerprint density at radius 2 is 2.09 bits per heavy atom. The molecule has 0 bridgehead atoms. The molecule has 0 saturated carbocycles. The largest absolute Gasteiger partial charge is 0.285 e. The summed E-state index contributed by atoms with van der Waals surface area (Å²) in [7, 11) is -3.84. The second-order valence-corrected chi connectivity index (χ2v) is 6.09. The molecule has 0 fully saturated rings. The van der Waals surface area contributed by atoms with Gasteiger partial charge in [0.1, 0.15) is 0 Å². The van der Waals surface area contributed by atoms with Gasteiger partial charge in [-0.15, -0.1) is 0 Å². The smallest absolute Gasteiger partial charge is 0.267 e. The van der Waals surface area contributed by atoms with Crippen LogP contribution in [-0.4, -0.2) is 27.7 Å². The molecule has 0 aromatic rings. The van der Waals surface area contributed by atoms with E-state index in [1.807, 2.05) is 0 Å². The monoisotopic (exact) mass is 196 g/mol.